The summed E-state index contributed by atoms with van der Waals surface area (Å²) in [6.45, 7) is 5.16. The predicted molar refractivity (Wildman–Crippen MR) is 175 cm³/mol. The van der Waals surface area contributed by atoms with Crippen LogP contribution in [0.25, 0.3) is 0 Å². The number of carbonyl (C=O) groups excluding carboxylic acids is 2. The van der Waals surface area contributed by atoms with Gasteiger partial charge in [-0.05, 0) is 80.6 Å². The Bertz CT molecular complexity index is 1540. The summed E-state index contributed by atoms with van der Waals surface area (Å²) in [5, 5.41) is 3.55. The first kappa shape index (κ1) is 33.3. The number of nitrogens with one attached hydrogen (secondary N) is 1. The van der Waals surface area contributed by atoms with Crippen LogP contribution in [0.4, 0.5) is 5.69 Å². The molecule has 0 bridgehead atoms. The van der Waals surface area contributed by atoms with Crippen molar-refractivity contribution in [3.05, 3.63) is 88.4 Å². The van der Waals surface area contributed by atoms with E-state index in [0.717, 1.165) is 53.1 Å². The quantitative estimate of drug-likeness (QED) is 0.247. The molecule has 0 heterocycles. The molecule has 236 valence electrons. The highest BCUT2D eigenvalue weighted by atomic mass is 35.5. The van der Waals surface area contributed by atoms with E-state index in [1.54, 1.807) is 49.6 Å². The molecule has 0 unspecified atom stereocenters. The minimum Gasteiger partial charge on any atom is -0.497 e. The van der Waals surface area contributed by atoms with Gasteiger partial charge in [0, 0.05) is 17.6 Å². The largest absolute Gasteiger partial charge is 0.497 e. The number of halogens is 1. The van der Waals surface area contributed by atoms with E-state index in [1.165, 1.54) is 17.0 Å². The fraction of sp³-hybridized carbons (Fsp3) is 0.412. The van der Waals surface area contributed by atoms with Gasteiger partial charge in [-0.25, -0.2) is 8.42 Å². The average molecular weight is 640 g/mol. The number of hydrogen-bond donors (Lipinski definition) is 1. The number of nitrogens with zero attached hydrogens (tertiary/aromatic N) is 2. The lowest BCUT2D eigenvalue weighted by molar-refractivity contribution is -0.140. The fourth-order valence-electron chi connectivity index (χ4n) is 5.49. The maximum Gasteiger partial charge on any atom is 0.264 e. The average Bonchev–Trinajstić information content (AvgIpc) is 3.02. The molecule has 1 atom stereocenters. The topological polar surface area (TPSA) is 96.0 Å². The van der Waals surface area contributed by atoms with Gasteiger partial charge in [0.1, 0.15) is 18.3 Å². The third-order valence-corrected chi connectivity index (χ3v) is 10.4. The van der Waals surface area contributed by atoms with Crippen LogP contribution in [-0.4, -0.2) is 50.9 Å². The van der Waals surface area contributed by atoms with Crippen LogP contribution in [-0.2, 0) is 26.2 Å². The van der Waals surface area contributed by atoms with Crippen LogP contribution in [0.1, 0.15) is 62.1 Å². The Morgan fingerprint density at radius 3 is 2.23 bits per heavy atom. The van der Waals surface area contributed by atoms with Gasteiger partial charge in [0.15, 0.2) is 0 Å². The Hall–Kier alpha value is -3.56. The van der Waals surface area contributed by atoms with Gasteiger partial charge in [-0.1, -0.05) is 73.7 Å². The van der Waals surface area contributed by atoms with E-state index in [-0.39, 0.29) is 29.1 Å². The molecule has 4 rings (SSSR count). The van der Waals surface area contributed by atoms with Gasteiger partial charge < -0.3 is 15.0 Å². The molecule has 0 aromatic heterocycles. The molecule has 1 N–H and O–H groups in total. The number of ether oxygens (including phenoxy) is 1. The van der Waals surface area contributed by atoms with Crippen LogP contribution in [0.2, 0.25) is 5.02 Å². The van der Waals surface area contributed by atoms with Gasteiger partial charge in [-0.2, -0.15) is 0 Å². The fourth-order valence-corrected chi connectivity index (χ4v) is 7.08. The Morgan fingerprint density at radius 1 is 0.977 bits per heavy atom. The Labute approximate surface area is 266 Å². The number of benzene rings is 3. The number of carbonyl (C=O) groups is 2. The summed E-state index contributed by atoms with van der Waals surface area (Å²) in [6.07, 6.45) is 5.44. The second kappa shape index (κ2) is 14.9. The van der Waals surface area contributed by atoms with Crippen LogP contribution in [0.3, 0.4) is 0 Å². The van der Waals surface area contributed by atoms with E-state index in [0.29, 0.717) is 17.2 Å². The van der Waals surface area contributed by atoms with Gasteiger partial charge in [-0.15, -0.1) is 0 Å². The maximum absolute atomic E-state index is 14.3. The molecule has 3 aromatic carbocycles. The van der Waals surface area contributed by atoms with Crippen LogP contribution < -0.4 is 14.4 Å². The molecule has 1 saturated carbocycles. The molecular weight excluding hydrogens is 598 g/mol. The van der Waals surface area contributed by atoms with Gasteiger partial charge >= 0.3 is 0 Å². The van der Waals surface area contributed by atoms with Gasteiger partial charge in [0.05, 0.1) is 17.7 Å². The molecule has 0 aliphatic heterocycles. The van der Waals surface area contributed by atoms with Crippen molar-refractivity contribution in [1.29, 1.82) is 0 Å². The number of hydrogen-bond acceptors (Lipinski definition) is 5. The zero-order valence-electron chi connectivity index (χ0n) is 25.9. The highest BCUT2D eigenvalue weighted by Crippen LogP contribution is 2.29. The van der Waals surface area contributed by atoms with Crippen molar-refractivity contribution in [2.24, 2.45) is 0 Å². The van der Waals surface area contributed by atoms with Gasteiger partial charge in [0.2, 0.25) is 11.8 Å². The maximum atomic E-state index is 14.3. The molecular formula is C34H42ClN3O5S. The van der Waals surface area contributed by atoms with Gasteiger partial charge in [0.25, 0.3) is 10.0 Å². The molecule has 1 aliphatic rings. The monoisotopic (exact) mass is 639 g/mol. The molecule has 1 fully saturated rings. The zero-order chi connectivity index (χ0) is 31.9. The SMILES string of the molecule is CC[C@H](C(=O)NC1CCCCC1)N(Cc1ccc(OC)cc1)C(=O)CN(c1ccc(C)c(Cl)c1)S(=O)(=O)c1ccc(C)cc1. The summed E-state index contributed by atoms with van der Waals surface area (Å²) in [5.74, 6) is -0.0632. The predicted octanol–water partition coefficient (Wildman–Crippen LogP) is 6.42. The molecule has 2 amide bonds. The Morgan fingerprint density at radius 2 is 1.64 bits per heavy atom. The van der Waals surface area contributed by atoms with Crippen molar-refractivity contribution < 1.29 is 22.7 Å². The van der Waals surface area contributed by atoms with Crippen LogP contribution in [0.15, 0.2) is 71.6 Å². The molecule has 0 saturated heterocycles. The number of aryl methyl sites for hydroxylation is 2. The third-order valence-electron chi connectivity index (χ3n) is 8.18. The standard InChI is InChI=1S/C34H42ClN3O5S/c1-5-32(34(40)36-27-9-7-6-8-10-27)37(22-26-14-17-29(43-4)18-15-26)33(39)23-38(28-16-13-25(3)31(35)21-28)44(41,42)30-19-11-24(2)12-20-30/h11-21,27,32H,5-10,22-23H2,1-4H3,(H,36,40)/t32-/m1/s1. The lowest BCUT2D eigenvalue weighted by Gasteiger charge is -2.34. The number of anilines is 1. The van der Waals surface area contributed by atoms with Crippen molar-refractivity contribution in [3.63, 3.8) is 0 Å². The van der Waals surface area contributed by atoms with E-state index < -0.39 is 28.5 Å². The summed E-state index contributed by atoms with van der Waals surface area (Å²) in [6, 6.07) is 17.9. The van der Waals surface area contributed by atoms with Crippen LogP contribution in [0.5, 0.6) is 5.75 Å². The van der Waals surface area contributed by atoms with Crippen molar-refractivity contribution in [2.75, 3.05) is 18.0 Å². The van der Waals surface area contributed by atoms with Crippen molar-refractivity contribution >= 4 is 39.1 Å². The normalized spacial score (nSPS) is 14.5. The van der Waals surface area contributed by atoms with Crippen molar-refractivity contribution in [1.82, 2.24) is 10.2 Å². The first-order valence-corrected chi connectivity index (χ1v) is 16.9. The summed E-state index contributed by atoms with van der Waals surface area (Å²) in [5.41, 5.74) is 2.74. The number of sulfonamides is 1. The van der Waals surface area contributed by atoms with Crippen LogP contribution >= 0.6 is 11.6 Å². The summed E-state index contributed by atoms with van der Waals surface area (Å²) in [7, 11) is -2.60. The van der Waals surface area contributed by atoms with E-state index in [9.17, 15) is 18.0 Å². The number of amides is 2. The lowest BCUT2D eigenvalue weighted by Crippen LogP contribution is -2.54. The van der Waals surface area contributed by atoms with Crippen molar-refractivity contribution in [2.45, 2.75) is 82.8 Å². The molecule has 44 heavy (non-hydrogen) atoms. The highest BCUT2D eigenvalue weighted by molar-refractivity contribution is 7.92. The first-order valence-electron chi connectivity index (χ1n) is 15.1. The minimum atomic E-state index is -4.18. The molecule has 10 heteroatoms. The molecule has 8 nitrogen and oxygen atoms in total. The smallest absolute Gasteiger partial charge is 0.264 e. The van der Waals surface area contributed by atoms with E-state index in [2.05, 4.69) is 5.32 Å². The van der Waals surface area contributed by atoms with Crippen molar-refractivity contribution in [3.8, 4) is 5.75 Å². The summed E-state index contributed by atoms with van der Waals surface area (Å²) >= 11 is 6.43. The second-order valence-corrected chi connectivity index (χ2v) is 13.7. The zero-order valence-corrected chi connectivity index (χ0v) is 27.5. The molecule has 0 radical (unpaired) electrons. The summed E-state index contributed by atoms with van der Waals surface area (Å²) < 4.78 is 34.5. The van der Waals surface area contributed by atoms with E-state index in [1.807, 2.05) is 32.9 Å². The minimum absolute atomic E-state index is 0.0522. The van der Waals surface area contributed by atoms with E-state index in [4.69, 9.17) is 16.3 Å². The van der Waals surface area contributed by atoms with E-state index >= 15 is 0 Å². The second-order valence-electron chi connectivity index (χ2n) is 11.4. The lowest BCUT2D eigenvalue weighted by atomic mass is 9.95. The third kappa shape index (κ3) is 8.12. The Kier molecular flexibility index (Phi) is 11.3. The Balaban J connectivity index is 1.72. The molecule has 0 spiro atoms. The molecule has 3 aromatic rings. The highest BCUT2D eigenvalue weighted by Gasteiger charge is 2.34. The van der Waals surface area contributed by atoms with Crippen LogP contribution in [0, 0.1) is 13.8 Å². The van der Waals surface area contributed by atoms with Gasteiger partial charge in [-0.3, -0.25) is 13.9 Å². The molecule has 1 aliphatic carbocycles. The number of rotatable bonds is 12. The first-order chi connectivity index (χ1) is 21.0. The number of methoxy groups -OCH3 is 1. The summed E-state index contributed by atoms with van der Waals surface area (Å²) in [4.78, 5) is 29.6.